The monoisotopic (exact) mass is 321 g/mol. The van der Waals surface area contributed by atoms with Crippen LogP contribution in [0.4, 0.5) is 0 Å². The number of hydrogen-bond acceptors (Lipinski definition) is 5. The molecule has 106 valence electrons. The topological polar surface area (TPSA) is 96.0 Å². The molecule has 0 aliphatic rings. The van der Waals surface area contributed by atoms with Crippen LogP contribution in [0.15, 0.2) is 40.4 Å². The zero-order valence-electron chi connectivity index (χ0n) is 10.5. The van der Waals surface area contributed by atoms with E-state index in [0.29, 0.717) is 16.3 Å². The van der Waals surface area contributed by atoms with Crippen LogP contribution in [-0.4, -0.2) is 26.4 Å². The minimum absolute atomic E-state index is 0.196. The highest BCUT2D eigenvalue weighted by Crippen LogP contribution is 2.25. The standard InChI is InChI=1S/C13H8ClN3O3S/c14-9-2-1-8(6-15)5-10(9)17-4-3-11(18)16-13(17)21-7-12(19)20/h1-5H,7H2,(H,19,20). The van der Waals surface area contributed by atoms with Gasteiger partial charge < -0.3 is 5.11 Å². The molecule has 1 heterocycles. The Bertz CT molecular complexity index is 798. The largest absolute Gasteiger partial charge is 0.481 e. The highest BCUT2D eigenvalue weighted by molar-refractivity contribution is 7.99. The molecule has 21 heavy (non-hydrogen) atoms. The van der Waals surface area contributed by atoms with Crippen molar-refractivity contribution in [2.24, 2.45) is 0 Å². The fraction of sp³-hybridized carbons (Fsp3) is 0.0769. The van der Waals surface area contributed by atoms with Gasteiger partial charge in [-0.05, 0) is 18.2 Å². The van der Waals surface area contributed by atoms with E-state index >= 15 is 0 Å². The van der Waals surface area contributed by atoms with E-state index in [1.165, 1.54) is 16.8 Å². The Labute approximate surface area is 128 Å². The number of rotatable bonds is 4. The lowest BCUT2D eigenvalue weighted by Crippen LogP contribution is -2.13. The molecule has 0 spiro atoms. The van der Waals surface area contributed by atoms with Gasteiger partial charge in [0.1, 0.15) is 0 Å². The van der Waals surface area contributed by atoms with Gasteiger partial charge in [0.2, 0.25) is 0 Å². The van der Waals surface area contributed by atoms with Gasteiger partial charge in [-0.25, -0.2) is 0 Å². The first-order chi connectivity index (χ1) is 10.0. The van der Waals surface area contributed by atoms with Crippen molar-refractivity contribution in [3.63, 3.8) is 0 Å². The fourth-order valence-corrected chi connectivity index (χ4v) is 2.48. The van der Waals surface area contributed by atoms with Crippen molar-refractivity contribution < 1.29 is 9.90 Å². The molecular weight excluding hydrogens is 314 g/mol. The minimum atomic E-state index is -1.03. The second kappa shape index (κ2) is 6.43. The van der Waals surface area contributed by atoms with Crippen LogP contribution in [0.3, 0.4) is 0 Å². The van der Waals surface area contributed by atoms with Crippen molar-refractivity contribution >= 4 is 29.3 Å². The van der Waals surface area contributed by atoms with E-state index in [1.807, 2.05) is 6.07 Å². The summed E-state index contributed by atoms with van der Waals surface area (Å²) >= 11 is 7.00. The van der Waals surface area contributed by atoms with Crippen molar-refractivity contribution in [1.29, 1.82) is 5.26 Å². The number of carbonyl (C=O) groups is 1. The molecule has 1 N–H and O–H groups in total. The summed E-state index contributed by atoms with van der Waals surface area (Å²) in [4.78, 5) is 25.8. The Kier molecular flexibility index (Phi) is 4.62. The number of aromatic nitrogens is 2. The summed E-state index contributed by atoms with van der Waals surface area (Å²) in [6.07, 6.45) is 1.45. The average Bonchev–Trinajstić information content (AvgIpc) is 2.46. The molecule has 0 fully saturated rings. The quantitative estimate of drug-likeness (QED) is 0.683. The van der Waals surface area contributed by atoms with Crippen LogP contribution in [0.25, 0.3) is 5.69 Å². The predicted octanol–water partition coefficient (Wildman–Crippen LogP) is 1.93. The highest BCUT2D eigenvalue weighted by atomic mass is 35.5. The van der Waals surface area contributed by atoms with Crippen LogP contribution in [-0.2, 0) is 4.79 Å². The summed E-state index contributed by atoms with van der Waals surface area (Å²) in [6, 6.07) is 7.88. The third-order valence-corrected chi connectivity index (χ3v) is 3.69. The lowest BCUT2D eigenvalue weighted by Gasteiger charge is -2.12. The highest BCUT2D eigenvalue weighted by Gasteiger charge is 2.11. The maximum absolute atomic E-state index is 11.4. The molecule has 1 aromatic carbocycles. The first kappa shape index (κ1) is 15.1. The summed E-state index contributed by atoms with van der Waals surface area (Å²) in [5, 5.41) is 18.2. The molecule has 0 atom stereocenters. The van der Waals surface area contributed by atoms with E-state index < -0.39 is 11.5 Å². The van der Waals surface area contributed by atoms with Crippen LogP contribution in [0.5, 0.6) is 0 Å². The van der Waals surface area contributed by atoms with Crippen molar-refractivity contribution in [3.05, 3.63) is 51.4 Å². The molecule has 0 saturated heterocycles. The van der Waals surface area contributed by atoms with E-state index in [0.717, 1.165) is 11.8 Å². The van der Waals surface area contributed by atoms with Crippen LogP contribution in [0, 0.1) is 11.3 Å². The van der Waals surface area contributed by atoms with E-state index in [9.17, 15) is 9.59 Å². The van der Waals surface area contributed by atoms with E-state index in [1.54, 1.807) is 18.2 Å². The molecule has 0 unspecified atom stereocenters. The first-order valence-corrected chi connectivity index (χ1v) is 7.02. The third-order valence-electron chi connectivity index (χ3n) is 2.44. The van der Waals surface area contributed by atoms with Gasteiger partial charge in [0.15, 0.2) is 5.16 Å². The number of halogens is 1. The van der Waals surface area contributed by atoms with Gasteiger partial charge in [-0.1, -0.05) is 23.4 Å². The molecular formula is C13H8ClN3O3S. The first-order valence-electron chi connectivity index (χ1n) is 5.65. The van der Waals surface area contributed by atoms with Crippen molar-refractivity contribution in [1.82, 2.24) is 9.55 Å². The molecule has 2 rings (SSSR count). The molecule has 0 bridgehead atoms. The summed E-state index contributed by atoms with van der Waals surface area (Å²) in [7, 11) is 0. The normalized spacial score (nSPS) is 10.1. The van der Waals surface area contributed by atoms with Crippen molar-refractivity contribution in [3.8, 4) is 11.8 Å². The van der Waals surface area contributed by atoms with E-state index in [-0.39, 0.29) is 10.9 Å². The smallest absolute Gasteiger partial charge is 0.313 e. The van der Waals surface area contributed by atoms with Crippen LogP contribution in [0.1, 0.15) is 5.56 Å². The van der Waals surface area contributed by atoms with Gasteiger partial charge in [-0.3, -0.25) is 14.2 Å². The molecule has 0 aliphatic heterocycles. The number of hydrogen-bond donors (Lipinski definition) is 1. The van der Waals surface area contributed by atoms with Gasteiger partial charge in [0.25, 0.3) is 5.56 Å². The molecule has 6 nitrogen and oxygen atoms in total. The SMILES string of the molecule is N#Cc1ccc(Cl)c(-n2ccc(=O)nc2SCC(=O)O)c1. The molecule has 2 aromatic rings. The third kappa shape index (κ3) is 3.62. The van der Waals surface area contributed by atoms with Crippen LogP contribution < -0.4 is 5.56 Å². The maximum atomic E-state index is 11.4. The Hall–Kier alpha value is -2.30. The van der Waals surface area contributed by atoms with Gasteiger partial charge in [-0.2, -0.15) is 10.2 Å². The summed E-state index contributed by atoms with van der Waals surface area (Å²) in [6.45, 7) is 0. The van der Waals surface area contributed by atoms with Crippen LogP contribution >= 0.6 is 23.4 Å². The van der Waals surface area contributed by atoms with Gasteiger partial charge in [-0.15, -0.1) is 0 Å². The van der Waals surface area contributed by atoms with E-state index in [4.69, 9.17) is 22.0 Å². The average molecular weight is 322 g/mol. The number of aliphatic carboxylic acids is 1. The molecule has 8 heteroatoms. The summed E-state index contributed by atoms with van der Waals surface area (Å²) in [5.41, 5.74) is 0.366. The zero-order valence-corrected chi connectivity index (χ0v) is 12.1. The number of benzene rings is 1. The van der Waals surface area contributed by atoms with Crippen LogP contribution in [0.2, 0.25) is 5.02 Å². The predicted molar refractivity (Wildman–Crippen MR) is 77.9 cm³/mol. The molecule has 0 amide bonds. The Balaban J connectivity index is 2.55. The lowest BCUT2D eigenvalue weighted by molar-refractivity contribution is -0.133. The molecule has 1 aromatic heterocycles. The van der Waals surface area contributed by atoms with Gasteiger partial charge in [0, 0.05) is 12.3 Å². The molecule has 0 aliphatic carbocycles. The zero-order chi connectivity index (χ0) is 15.4. The number of carboxylic acid groups (broad SMARTS) is 1. The van der Waals surface area contributed by atoms with Gasteiger partial charge in [0.05, 0.1) is 28.1 Å². The molecule has 0 saturated carbocycles. The lowest BCUT2D eigenvalue weighted by atomic mass is 10.2. The number of thioether (sulfide) groups is 1. The number of nitrogens with zero attached hydrogens (tertiary/aromatic N) is 3. The number of carboxylic acids is 1. The Morgan fingerprint density at radius 3 is 2.90 bits per heavy atom. The van der Waals surface area contributed by atoms with E-state index in [2.05, 4.69) is 4.98 Å². The fourth-order valence-electron chi connectivity index (χ4n) is 1.57. The molecule has 0 radical (unpaired) electrons. The Morgan fingerprint density at radius 1 is 1.48 bits per heavy atom. The second-order valence-electron chi connectivity index (χ2n) is 3.88. The number of nitriles is 1. The maximum Gasteiger partial charge on any atom is 0.313 e. The summed E-state index contributed by atoms with van der Waals surface area (Å²) in [5.74, 6) is -1.27. The van der Waals surface area contributed by atoms with Crippen molar-refractivity contribution in [2.75, 3.05) is 5.75 Å². The summed E-state index contributed by atoms with van der Waals surface area (Å²) < 4.78 is 1.48. The minimum Gasteiger partial charge on any atom is -0.481 e. The second-order valence-corrected chi connectivity index (χ2v) is 5.23. The van der Waals surface area contributed by atoms with Crippen molar-refractivity contribution in [2.45, 2.75) is 5.16 Å². The van der Waals surface area contributed by atoms with Gasteiger partial charge >= 0.3 is 5.97 Å². The Morgan fingerprint density at radius 2 is 2.24 bits per heavy atom.